The molecule has 2 aromatic rings. The summed E-state index contributed by atoms with van der Waals surface area (Å²) in [6.07, 6.45) is 0.415. The number of nitrogens with two attached hydrogens (primary N) is 1. The van der Waals surface area contributed by atoms with Crippen molar-refractivity contribution in [1.29, 1.82) is 0 Å². The van der Waals surface area contributed by atoms with Crippen LogP contribution in [0.4, 0.5) is 0 Å². The first-order chi connectivity index (χ1) is 28.7. The van der Waals surface area contributed by atoms with E-state index in [2.05, 4.69) is 41.9 Å². The Bertz CT molecular complexity index is 1790. The number of aromatic amines is 1. The van der Waals surface area contributed by atoms with E-state index < -0.39 is 121 Å². The SMILES string of the molecule is CC[C@H](C)[C@H](NC(=O)[C@@H](NC(=O)[C@@H](N)Cc1cnc[nH]1)[C@@H](C)O)C(=O)N[C@@H](CO)C(=O)N[C@@H](Cc1ccc(O)cc1)C(=O)N[C@@H](CCC(=O)O)C(=O)N[C@@H](CC(C)C)C(=O)O. The number of nitrogens with zero attached hydrogens (tertiary/aromatic N) is 1. The molecule has 6 amide bonds. The highest BCUT2D eigenvalue weighted by atomic mass is 16.4. The fourth-order valence-corrected chi connectivity index (χ4v) is 5.92. The third kappa shape index (κ3) is 17.2. The average Bonchev–Trinajstić information content (AvgIpc) is 3.71. The van der Waals surface area contributed by atoms with Crippen LogP contribution in [0.15, 0.2) is 36.8 Å². The van der Waals surface area contributed by atoms with Gasteiger partial charge in [-0.25, -0.2) is 9.78 Å². The highest BCUT2D eigenvalue weighted by molar-refractivity contribution is 5.97. The number of carbonyl (C=O) groups excluding carboxylic acids is 6. The lowest BCUT2D eigenvalue weighted by atomic mass is 9.97. The summed E-state index contributed by atoms with van der Waals surface area (Å²) in [5.41, 5.74) is 6.92. The molecule has 61 heavy (non-hydrogen) atoms. The molecule has 0 fully saturated rings. The summed E-state index contributed by atoms with van der Waals surface area (Å²) in [6.45, 7) is 6.99. The topological polar surface area (TPSA) is 365 Å². The van der Waals surface area contributed by atoms with Crippen molar-refractivity contribution in [3.63, 3.8) is 0 Å². The molecule has 0 aliphatic heterocycles. The molecular formula is C39H59N9O13. The van der Waals surface area contributed by atoms with E-state index in [-0.39, 0.29) is 30.9 Å². The van der Waals surface area contributed by atoms with Gasteiger partial charge in [0.2, 0.25) is 35.4 Å². The zero-order valence-corrected chi connectivity index (χ0v) is 34.7. The summed E-state index contributed by atoms with van der Waals surface area (Å²) in [5.74, 6) is -9.38. The number of aliphatic hydroxyl groups is 2. The molecule has 0 saturated carbocycles. The van der Waals surface area contributed by atoms with Crippen LogP contribution in [0.3, 0.4) is 0 Å². The van der Waals surface area contributed by atoms with Crippen molar-refractivity contribution in [2.24, 2.45) is 17.6 Å². The quantitative estimate of drug-likeness (QED) is 0.0467. The number of carboxylic acid groups (broad SMARTS) is 2. The lowest BCUT2D eigenvalue weighted by Crippen LogP contribution is -2.62. The number of rotatable bonds is 26. The summed E-state index contributed by atoms with van der Waals surface area (Å²) in [6, 6.07) is -4.86. The van der Waals surface area contributed by atoms with Crippen molar-refractivity contribution in [2.75, 3.05) is 6.61 Å². The number of nitrogens with one attached hydrogen (secondary N) is 7. The molecule has 0 bridgehead atoms. The zero-order chi connectivity index (χ0) is 46.0. The van der Waals surface area contributed by atoms with Crippen molar-refractivity contribution in [3.8, 4) is 5.75 Å². The van der Waals surface area contributed by atoms with Crippen LogP contribution < -0.4 is 37.6 Å². The Morgan fingerprint density at radius 3 is 1.79 bits per heavy atom. The number of phenolic OH excluding ortho intramolecular Hbond substituents is 1. The van der Waals surface area contributed by atoms with E-state index in [1.807, 2.05) is 0 Å². The van der Waals surface area contributed by atoms with Crippen molar-refractivity contribution in [3.05, 3.63) is 48.0 Å². The lowest BCUT2D eigenvalue weighted by molar-refractivity contribution is -0.143. The minimum atomic E-state index is -1.74. The number of hydrogen-bond donors (Lipinski definition) is 13. The maximum Gasteiger partial charge on any atom is 0.326 e. The zero-order valence-electron chi connectivity index (χ0n) is 34.7. The molecule has 1 aromatic heterocycles. The molecule has 0 radical (unpaired) electrons. The number of hydrogen-bond acceptors (Lipinski definition) is 13. The number of carboxylic acids is 2. The maximum atomic E-state index is 13.8. The van der Waals surface area contributed by atoms with Crippen LogP contribution in [0.25, 0.3) is 0 Å². The number of carbonyl (C=O) groups is 8. The Hall–Kier alpha value is -6.13. The molecule has 1 aromatic carbocycles. The number of phenols is 1. The Morgan fingerprint density at radius 2 is 1.26 bits per heavy atom. The normalized spacial score (nSPS) is 15.6. The van der Waals surface area contributed by atoms with Crippen LogP contribution in [-0.2, 0) is 51.2 Å². The number of benzene rings is 1. The third-order valence-electron chi connectivity index (χ3n) is 9.61. The van der Waals surface area contributed by atoms with Crippen molar-refractivity contribution in [2.45, 2.75) is 122 Å². The van der Waals surface area contributed by atoms with Gasteiger partial charge in [-0.3, -0.25) is 33.6 Å². The van der Waals surface area contributed by atoms with Crippen LogP contribution >= 0.6 is 0 Å². The van der Waals surface area contributed by atoms with Crippen molar-refractivity contribution in [1.82, 2.24) is 41.9 Å². The largest absolute Gasteiger partial charge is 0.508 e. The fourth-order valence-electron chi connectivity index (χ4n) is 5.92. The first-order valence-electron chi connectivity index (χ1n) is 19.7. The Morgan fingerprint density at radius 1 is 0.721 bits per heavy atom. The summed E-state index contributed by atoms with van der Waals surface area (Å²) >= 11 is 0. The first-order valence-corrected chi connectivity index (χ1v) is 19.7. The number of amides is 6. The van der Waals surface area contributed by atoms with Crippen molar-refractivity contribution < 1.29 is 63.9 Å². The lowest BCUT2D eigenvalue weighted by Gasteiger charge is -2.29. The molecule has 0 aliphatic carbocycles. The molecule has 2 rings (SSSR count). The van der Waals surface area contributed by atoms with Gasteiger partial charge in [0.25, 0.3) is 0 Å². The maximum absolute atomic E-state index is 13.8. The summed E-state index contributed by atoms with van der Waals surface area (Å²) < 4.78 is 0. The number of imidazole rings is 1. The van der Waals surface area contributed by atoms with Gasteiger partial charge in [0.15, 0.2) is 0 Å². The summed E-state index contributed by atoms with van der Waals surface area (Å²) in [5, 5.41) is 63.8. The summed E-state index contributed by atoms with van der Waals surface area (Å²) in [4.78, 5) is 111. The predicted molar refractivity (Wildman–Crippen MR) is 216 cm³/mol. The van der Waals surface area contributed by atoms with Gasteiger partial charge >= 0.3 is 11.9 Å². The monoisotopic (exact) mass is 861 g/mol. The van der Waals surface area contributed by atoms with E-state index in [4.69, 9.17) is 5.73 Å². The van der Waals surface area contributed by atoms with Gasteiger partial charge in [0, 0.05) is 31.2 Å². The van der Waals surface area contributed by atoms with Gasteiger partial charge in [0.05, 0.1) is 25.1 Å². The predicted octanol–water partition coefficient (Wildman–Crippen LogP) is -2.45. The van der Waals surface area contributed by atoms with Gasteiger partial charge in [-0.1, -0.05) is 46.2 Å². The minimum absolute atomic E-state index is 0.0236. The number of aromatic nitrogens is 2. The second kappa shape index (κ2) is 24.8. The van der Waals surface area contributed by atoms with E-state index in [9.17, 15) is 63.9 Å². The molecule has 22 nitrogen and oxygen atoms in total. The third-order valence-corrected chi connectivity index (χ3v) is 9.61. The standard InChI is InChI=1S/C39H59N9O13/c1-6-20(4)31(47-38(59)32(21(5)50)48-33(54)25(40)15-23-16-41-18-42-23)37(58)46-29(17-49)36(57)44-27(14-22-7-9-24(51)10-8-22)35(56)43-26(11-12-30(52)53)34(55)45-28(39(60)61)13-19(2)3/h7-10,16,18-21,25-29,31-32,49-51H,6,11-15,17,40H2,1-5H3,(H,41,42)(H,43,56)(H,44,57)(H,45,55)(H,46,58)(H,47,59)(H,48,54)(H,52,53)(H,60,61)/t20-,21+,25-,26-,27-,28-,29-,31-,32-/m0/s1. The molecule has 1 heterocycles. The van der Waals surface area contributed by atoms with Crippen LogP contribution in [0, 0.1) is 11.8 Å². The molecule has 0 saturated heterocycles. The van der Waals surface area contributed by atoms with Gasteiger partial charge in [-0.2, -0.15) is 0 Å². The van der Waals surface area contributed by atoms with E-state index in [0.29, 0.717) is 17.7 Å². The van der Waals surface area contributed by atoms with Crippen LogP contribution in [0.2, 0.25) is 0 Å². The van der Waals surface area contributed by atoms with Gasteiger partial charge in [-0.05, 0) is 49.3 Å². The molecule has 0 spiro atoms. The molecule has 338 valence electrons. The van der Waals surface area contributed by atoms with Crippen LogP contribution in [0.5, 0.6) is 5.75 Å². The molecule has 0 aliphatic rings. The van der Waals surface area contributed by atoms with Gasteiger partial charge in [-0.15, -0.1) is 0 Å². The van der Waals surface area contributed by atoms with E-state index >= 15 is 0 Å². The smallest absolute Gasteiger partial charge is 0.326 e. The second-order valence-corrected chi connectivity index (χ2v) is 15.2. The van der Waals surface area contributed by atoms with Crippen LogP contribution in [-0.4, -0.2) is 138 Å². The number of aliphatic carboxylic acids is 2. The molecular weight excluding hydrogens is 802 g/mol. The highest BCUT2D eigenvalue weighted by Crippen LogP contribution is 2.14. The molecule has 9 atom stereocenters. The highest BCUT2D eigenvalue weighted by Gasteiger charge is 2.36. The summed E-state index contributed by atoms with van der Waals surface area (Å²) in [7, 11) is 0. The Balaban J connectivity index is 2.33. The molecule has 0 unspecified atom stereocenters. The molecule has 22 heteroatoms. The number of aromatic hydroxyl groups is 1. The molecule has 14 N–H and O–H groups in total. The fraction of sp³-hybridized carbons (Fsp3) is 0.564. The first kappa shape index (κ1) is 51.0. The second-order valence-electron chi connectivity index (χ2n) is 15.2. The van der Waals surface area contributed by atoms with Crippen molar-refractivity contribution >= 4 is 47.4 Å². The Kier molecular flexibility index (Phi) is 20.8. The van der Waals surface area contributed by atoms with Gasteiger partial charge < -0.3 is 68.2 Å². The van der Waals surface area contributed by atoms with E-state index in [0.717, 1.165) is 0 Å². The van der Waals surface area contributed by atoms with Gasteiger partial charge in [0.1, 0.15) is 42.0 Å². The Labute approximate surface area is 352 Å². The van der Waals surface area contributed by atoms with E-state index in [1.165, 1.54) is 43.7 Å². The average molecular weight is 862 g/mol. The van der Waals surface area contributed by atoms with Crippen LogP contribution in [0.1, 0.15) is 71.6 Å². The minimum Gasteiger partial charge on any atom is -0.508 e. The van der Waals surface area contributed by atoms with E-state index in [1.54, 1.807) is 27.7 Å². The number of aliphatic hydroxyl groups excluding tert-OH is 2. The number of H-pyrrole nitrogens is 1.